The quantitative estimate of drug-likeness (QED) is 0.727. The minimum Gasteiger partial charge on any atom is -0.505 e. The van der Waals surface area contributed by atoms with Gasteiger partial charge in [0.05, 0.1) is 5.56 Å². The van der Waals surface area contributed by atoms with Crippen LogP contribution in [0.2, 0.25) is 0 Å². The fraction of sp³-hybridized carbons (Fsp3) is 0.364. The SMILES string of the molecule is CC(C)(C)OC(=O)c1ccc(O)c(F)c1. The van der Waals surface area contributed by atoms with Gasteiger partial charge < -0.3 is 9.84 Å². The first kappa shape index (κ1) is 11.5. The molecule has 82 valence electrons. The van der Waals surface area contributed by atoms with E-state index in [-0.39, 0.29) is 5.56 Å². The summed E-state index contributed by atoms with van der Waals surface area (Å²) in [4.78, 5) is 11.5. The van der Waals surface area contributed by atoms with Crippen molar-refractivity contribution in [2.75, 3.05) is 0 Å². The van der Waals surface area contributed by atoms with Gasteiger partial charge in [-0.05, 0) is 39.0 Å². The molecule has 0 fully saturated rings. The summed E-state index contributed by atoms with van der Waals surface area (Å²) < 4.78 is 17.9. The van der Waals surface area contributed by atoms with Crippen molar-refractivity contribution >= 4 is 5.97 Å². The third-order valence-corrected chi connectivity index (χ3v) is 1.58. The number of phenols is 1. The molecule has 4 heteroatoms. The Kier molecular flexibility index (Phi) is 2.98. The minimum absolute atomic E-state index is 0.0835. The van der Waals surface area contributed by atoms with E-state index in [4.69, 9.17) is 9.84 Å². The molecule has 1 aromatic rings. The monoisotopic (exact) mass is 212 g/mol. The molecule has 0 unspecified atom stereocenters. The van der Waals surface area contributed by atoms with Crippen molar-refractivity contribution in [1.29, 1.82) is 0 Å². The van der Waals surface area contributed by atoms with E-state index in [0.717, 1.165) is 12.1 Å². The van der Waals surface area contributed by atoms with Crippen molar-refractivity contribution in [2.24, 2.45) is 0 Å². The van der Waals surface area contributed by atoms with Gasteiger partial charge in [-0.1, -0.05) is 0 Å². The molecular weight excluding hydrogens is 199 g/mol. The van der Waals surface area contributed by atoms with Crippen LogP contribution in [0, 0.1) is 5.82 Å². The van der Waals surface area contributed by atoms with Gasteiger partial charge in [0.2, 0.25) is 0 Å². The van der Waals surface area contributed by atoms with E-state index in [1.165, 1.54) is 6.07 Å². The number of ether oxygens (including phenoxy) is 1. The number of carbonyl (C=O) groups is 1. The first-order valence-corrected chi connectivity index (χ1v) is 4.51. The van der Waals surface area contributed by atoms with E-state index in [9.17, 15) is 9.18 Å². The van der Waals surface area contributed by atoms with Crippen LogP contribution in [0.3, 0.4) is 0 Å². The highest BCUT2D eigenvalue weighted by atomic mass is 19.1. The highest BCUT2D eigenvalue weighted by Crippen LogP contribution is 2.18. The number of esters is 1. The molecule has 0 spiro atoms. The van der Waals surface area contributed by atoms with Crippen molar-refractivity contribution in [3.05, 3.63) is 29.6 Å². The summed E-state index contributed by atoms with van der Waals surface area (Å²) in [6, 6.07) is 3.38. The van der Waals surface area contributed by atoms with Crippen LogP contribution in [0.15, 0.2) is 18.2 Å². The molecule has 1 aromatic carbocycles. The average molecular weight is 212 g/mol. The van der Waals surface area contributed by atoms with Gasteiger partial charge in [-0.15, -0.1) is 0 Å². The van der Waals surface area contributed by atoms with Crippen LogP contribution in [0.4, 0.5) is 4.39 Å². The average Bonchev–Trinajstić information content (AvgIpc) is 2.06. The number of hydrogen-bond acceptors (Lipinski definition) is 3. The Bertz CT molecular complexity index is 380. The van der Waals surface area contributed by atoms with Gasteiger partial charge in [0.15, 0.2) is 11.6 Å². The zero-order chi connectivity index (χ0) is 11.6. The summed E-state index contributed by atoms with van der Waals surface area (Å²) >= 11 is 0. The van der Waals surface area contributed by atoms with Crippen molar-refractivity contribution in [2.45, 2.75) is 26.4 Å². The zero-order valence-corrected chi connectivity index (χ0v) is 8.87. The first-order valence-electron chi connectivity index (χ1n) is 4.51. The molecule has 0 radical (unpaired) electrons. The second-order valence-electron chi connectivity index (χ2n) is 4.17. The van der Waals surface area contributed by atoms with Gasteiger partial charge in [-0.25, -0.2) is 9.18 Å². The molecule has 0 atom stereocenters. The summed E-state index contributed by atoms with van der Waals surface area (Å²) in [7, 11) is 0. The summed E-state index contributed by atoms with van der Waals surface area (Å²) in [6.45, 7) is 5.17. The Labute approximate surface area is 87.5 Å². The molecule has 1 rings (SSSR count). The van der Waals surface area contributed by atoms with Crippen LogP contribution in [-0.4, -0.2) is 16.7 Å². The van der Waals surface area contributed by atoms with Crippen LogP contribution in [0.5, 0.6) is 5.75 Å². The molecule has 0 aromatic heterocycles. The van der Waals surface area contributed by atoms with Crippen molar-refractivity contribution in [3.8, 4) is 5.75 Å². The van der Waals surface area contributed by atoms with Crippen LogP contribution in [0.1, 0.15) is 31.1 Å². The molecule has 0 aliphatic carbocycles. The summed E-state index contributed by atoms with van der Waals surface area (Å²) in [5, 5.41) is 8.93. The van der Waals surface area contributed by atoms with E-state index in [1.54, 1.807) is 20.8 Å². The maximum Gasteiger partial charge on any atom is 0.338 e. The Morgan fingerprint density at radius 1 is 1.40 bits per heavy atom. The van der Waals surface area contributed by atoms with E-state index in [2.05, 4.69) is 0 Å². The van der Waals surface area contributed by atoms with Crippen LogP contribution in [0.25, 0.3) is 0 Å². The Morgan fingerprint density at radius 3 is 2.47 bits per heavy atom. The summed E-state index contributed by atoms with van der Waals surface area (Å²) in [6.07, 6.45) is 0. The van der Waals surface area contributed by atoms with Gasteiger partial charge >= 0.3 is 5.97 Å². The van der Waals surface area contributed by atoms with Gasteiger partial charge in [-0.2, -0.15) is 0 Å². The van der Waals surface area contributed by atoms with Crippen LogP contribution < -0.4 is 0 Å². The maximum absolute atomic E-state index is 12.9. The van der Waals surface area contributed by atoms with Gasteiger partial charge in [0, 0.05) is 0 Å². The van der Waals surface area contributed by atoms with Crippen molar-refractivity contribution < 1.29 is 19.0 Å². The number of benzene rings is 1. The Morgan fingerprint density at radius 2 is 2.00 bits per heavy atom. The lowest BCUT2D eigenvalue weighted by molar-refractivity contribution is 0.00690. The molecule has 15 heavy (non-hydrogen) atoms. The van der Waals surface area contributed by atoms with E-state index in [0.29, 0.717) is 0 Å². The third kappa shape index (κ3) is 3.23. The second-order valence-corrected chi connectivity index (χ2v) is 4.17. The van der Waals surface area contributed by atoms with E-state index < -0.39 is 23.1 Å². The molecule has 0 saturated heterocycles. The van der Waals surface area contributed by atoms with E-state index in [1.807, 2.05) is 0 Å². The zero-order valence-electron chi connectivity index (χ0n) is 8.87. The molecule has 1 N–H and O–H groups in total. The summed E-state index contributed by atoms with van der Waals surface area (Å²) in [5.74, 6) is -1.93. The highest BCUT2D eigenvalue weighted by molar-refractivity contribution is 5.89. The van der Waals surface area contributed by atoms with Crippen LogP contribution >= 0.6 is 0 Å². The highest BCUT2D eigenvalue weighted by Gasteiger charge is 2.18. The Hall–Kier alpha value is -1.58. The summed E-state index contributed by atoms with van der Waals surface area (Å²) in [5.41, 5.74) is -0.536. The number of carbonyl (C=O) groups excluding carboxylic acids is 1. The van der Waals surface area contributed by atoms with Gasteiger partial charge in [0.25, 0.3) is 0 Å². The second kappa shape index (κ2) is 3.88. The van der Waals surface area contributed by atoms with Gasteiger partial charge in [-0.3, -0.25) is 0 Å². The first-order chi connectivity index (χ1) is 6.79. The number of phenolic OH excluding ortho intramolecular Hbond substituents is 1. The maximum atomic E-state index is 12.9. The lowest BCUT2D eigenvalue weighted by Gasteiger charge is -2.19. The normalized spacial score (nSPS) is 11.2. The fourth-order valence-electron chi connectivity index (χ4n) is 0.971. The third-order valence-electron chi connectivity index (χ3n) is 1.58. The predicted octanol–water partition coefficient (Wildman–Crippen LogP) is 2.49. The lowest BCUT2D eigenvalue weighted by Crippen LogP contribution is -2.23. The number of aromatic hydroxyl groups is 1. The number of halogens is 1. The predicted molar refractivity (Wildman–Crippen MR) is 53.2 cm³/mol. The van der Waals surface area contributed by atoms with Crippen molar-refractivity contribution in [1.82, 2.24) is 0 Å². The van der Waals surface area contributed by atoms with Gasteiger partial charge in [0.1, 0.15) is 5.60 Å². The number of hydrogen-bond donors (Lipinski definition) is 1. The van der Waals surface area contributed by atoms with Crippen molar-refractivity contribution in [3.63, 3.8) is 0 Å². The molecule has 0 bridgehead atoms. The molecular formula is C11H13FO3. The van der Waals surface area contributed by atoms with E-state index >= 15 is 0 Å². The topological polar surface area (TPSA) is 46.5 Å². The molecule has 3 nitrogen and oxygen atoms in total. The standard InChI is InChI=1S/C11H13FO3/c1-11(2,3)15-10(14)7-4-5-9(13)8(12)6-7/h4-6,13H,1-3H3. The fourth-order valence-corrected chi connectivity index (χ4v) is 0.971. The molecule has 0 saturated carbocycles. The van der Waals surface area contributed by atoms with Crippen LogP contribution in [-0.2, 0) is 4.74 Å². The number of rotatable bonds is 1. The smallest absolute Gasteiger partial charge is 0.338 e. The molecule has 0 aliphatic heterocycles. The minimum atomic E-state index is -0.835. The largest absolute Gasteiger partial charge is 0.505 e. The Balaban J connectivity index is 2.88. The lowest BCUT2D eigenvalue weighted by atomic mass is 10.1. The molecule has 0 aliphatic rings. The molecule has 0 amide bonds. The molecule has 0 heterocycles.